The number of hydrogen-bond donors (Lipinski definition) is 1. The maximum atomic E-state index is 12.6. The molecule has 1 heterocycles. The van der Waals surface area contributed by atoms with Crippen LogP contribution < -0.4 is 15.0 Å². The minimum absolute atomic E-state index is 0.109. The van der Waals surface area contributed by atoms with E-state index in [0.29, 0.717) is 6.42 Å². The molecule has 5 heteroatoms. The number of nitrogens with one attached hydrogen (secondary N) is 1. The number of aryl methyl sites for hydroxylation is 2. The molecule has 2 aromatic rings. The predicted octanol–water partition coefficient (Wildman–Crippen LogP) is 3.97. The molecule has 0 bridgehead atoms. The van der Waals surface area contributed by atoms with Gasteiger partial charge in [-0.15, -0.1) is 0 Å². The van der Waals surface area contributed by atoms with Gasteiger partial charge in [-0.05, 0) is 48.2 Å². The summed E-state index contributed by atoms with van der Waals surface area (Å²) in [6, 6.07) is 14.5. The van der Waals surface area contributed by atoms with E-state index in [1.165, 1.54) is 16.8 Å². The molecule has 1 aliphatic rings. The van der Waals surface area contributed by atoms with Gasteiger partial charge in [0.2, 0.25) is 5.91 Å². The number of amides is 1. The van der Waals surface area contributed by atoms with Crippen LogP contribution in [0.3, 0.4) is 0 Å². The van der Waals surface area contributed by atoms with Crippen LogP contribution in [-0.4, -0.2) is 50.6 Å². The Morgan fingerprint density at radius 2 is 1.59 bits per heavy atom. The highest BCUT2D eigenvalue weighted by Crippen LogP contribution is 2.23. The van der Waals surface area contributed by atoms with Crippen LogP contribution in [0.1, 0.15) is 31.4 Å². The number of methoxy groups -OCH3 is 1. The first-order valence-corrected chi connectivity index (χ1v) is 10.7. The number of nitrogens with zero attached hydrogens (tertiary/aromatic N) is 2. The van der Waals surface area contributed by atoms with E-state index in [4.69, 9.17) is 4.74 Å². The van der Waals surface area contributed by atoms with Crippen molar-refractivity contribution in [3.05, 3.63) is 53.6 Å². The third-order valence-corrected chi connectivity index (χ3v) is 5.73. The number of piperazine rings is 1. The molecule has 29 heavy (non-hydrogen) atoms. The fourth-order valence-electron chi connectivity index (χ4n) is 3.89. The van der Waals surface area contributed by atoms with Crippen molar-refractivity contribution in [3.8, 4) is 5.75 Å². The fourth-order valence-corrected chi connectivity index (χ4v) is 3.89. The van der Waals surface area contributed by atoms with E-state index >= 15 is 0 Å². The molecule has 0 radical (unpaired) electrons. The minimum atomic E-state index is 0.109. The van der Waals surface area contributed by atoms with Gasteiger partial charge in [0.1, 0.15) is 5.75 Å². The summed E-state index contributed by atoms with van der Waals surface area (Å²) in [6.45, 7) is 8.98. The molecule has 1 amide bonds. The molecular weight excluding hydrogens is 362 g/mol. The average Bonchev–Trinajstić information content (AvgIpc) is 2.78. The third-order valence-electron chi connectivity index (χ3n) is 5.73. The molecule has 0 aromatic heterocycles. The lowest BCUT2D eigenvalue weighted by molar-refractivity contribution is -0.116. The zero-order valence-corrected chi connectivity index (χ0v) is 17.9. The van der Waals surface area contributed by atoms with Crippen molar-refractivity contribution in [3.63, 3.8) is 0 Å². The van der Waals surface area contributed by atoms with E-state index in [-0.39, 0.29) is 5.91 Å². The highest BCUT2D eigenvalue weighted by molar-refractivity contribution is 5.92. The predicted molar refractivity (Wildman–Crippen MR) is 120 cm³/mol. The van der Waals surface area contributed by atoms with Gasteiger partial charge in [-0.25, -0.2) is 0 Å². The molecule has 0 spiro atoms. The summed E-state index contributed by atoms with van der Waals surface area (Å²) in [6.07, 6.45) is 2.39. The summed E-state index contributed by atoms with van der Waals surface area (Å²) in [5.41, 5.74) is 4.68. The summed E-state index contributed by atoms with van der Waals surface area (Å²) in [7, 11) is 1.69. The number of carbonyl (C=O) groups excluding carboxylic acids is 1. The van der Waals surface area contributed by atoms with Crippen LogP contribution >= 0.6 is 0 Å². The van der Waals surface area contributed by atoms with Gasteiger partial charge in [-0.1, -0.05) is 32.0 Å². The van der Waals surface area contributed by atoms with Crippen LogP contribution in [0.2, 0.25) is 0 Å². The molecule has 3 rings (SSSR count). The number of carbonyl (C=O) groups is 1. The maximum Gasteiger partial charge on any atom is 0.225 e. The maximum absolute atomic E-state index is 12.6. The standard InChI is InChI=1S/C24H33N3O2/c1-4-19-7-6-8-20(5-2)24(19)25-23(28)13-14-26-15-17-27(18-16-26)21-9-11-22(29-3)12-10-21/h6-12H,4-5,13-18H2,1-3H3,(H,25,28). The van der Waals surface area contributed by atoms with Gasteiger partial charge in [-0.3, -0.25) is 9.69 Å². The van der Waals surface area contributed by atoms with Gasteiger partial charge in [0.05, 0.1) is 7.11 Å². The van der Waals surface area contributed by atoms with E-state index in [1.807, 2.05) is 12.1 Å². The van der Waals surface area contributed by atoms with Crippen LogP contribution in [-0.2, 0) is 17.6 Å². The number of benzene rings is 2. The molecule has 0 unspecified atom stereocenters. The molecule has 1 fully saturated rings. The Balaban J connectivity index is 1.47. The van der Waals surface area contributed by atoms with Crippen molar-refractivity contribution in [1.29, 1.82) is 0 Å². The quantitative estimate of drug-likeness (QED) is 0.735. The largest absolute Gasteiger partial charge is 0.497 e. The van der Waals surface area contributed by atoms with E-state index in [2.05, 4.69) is 59.3 Å². The van der Waals surface area contributed by atoms with Gasteiger partial charge < -0.3 is 15.0 Å². The van der Waals surface area contributed by atoms with Crippen LogP contribution in [0.25, 0.3) is 0 Å². The number of rotatable bonds is 8. The lowest BCUT2D eigenvalue weighted by Gasteiger charge is -2.36. The first-order chi connectivity index (χ1) is 14.1. The van der Waals surface area contributed by atoms with E-state index in [0.717, 1.165) is 57.0 Å². The van der Waals surface area contributed by atoms with Gasteiger partial charge in [0.25, 0.3) is 0 Å². The SMILES string of the molecule is CCc1cccc(CC)c1NC(=O)CCN1CCN(c2ccc(OC)cc2)CC1. The number of anilines is 2. The van der Waals surface area contributed by atoms with Gasteiger partial charge in [0, 0.05) is 50.5 Å². The smallest absolute Gasteiger partial charge is 0.225 e. The fraction of sp³-hybridized carbons (Fsp3) is 0.458. The molecule has 1 saturated heterocycles. The number of hydrogen-bond acceptors (Lipinski definition) is 4. The molecule has 2 aromatic carbocycles. The highest BCUT2D eigenvalue weighted by atomic mass is 16.5. The Labute approximate surface area is 174 Å². The van der Waals surface area contributed by atoms with Crippen LogP contribution in [0.5, 0.6) is 5.75 Å². The van der Waals surface area contributed by atoms with Crippen LogP contribution in [0.15, 0.2) is 42.5 Å². The van der Waals surface area contributed by atoms with Gasteiger partial charge >= 0.3 is 0 Å². The van der Waals surface area contributed by atoms with Gasteiger partial charge in [0.15, 0.2) is 0 Å². The Hall–Kier alpha value is -2.53. The molecule has 5 nitrogen and oxygen atoms in total. The number of para-hydroxylation sites is 1. The highest BCUT2D eigenvalue weighted by Gasteiger charge is 2.18. The van der Waals surface area contributed by atoms with Crippen molar-refractivity contribution >= 4 is 17.3 Å². The van der Waals surface area contributed by atoms with Crippen molar-refractivity contribution in [2.45, 2.75) is 33.1 Å². The summed E-state index contributed by atoms with van der Waals surface area (Å²) in [5, 5.41) is 3.18. The first kappa shape index (κ1) is 21.2. The molecule has 0 aliphatic carbocycles. The lowest BCUT2D eigenvalue weighted by Crippen LogP contribution is -2.47. The second-order valence-corrected chi connectivity index (χ2v) is 7.48. The molecular formula is C24H33N3O2. The second-order valence-electron chi connectivity index (χ2n) is 7.48. The second kappa shape index (κ2) is 10.3. The Morgan fingerprint density at radius 3 is 2.14 bits per heavy atom. The van der Waals surface area contributed by atoms with Crippen molar-refractivity contribution in [2.24, 2.45) is 0 Å². The zero-order valence-electron chi connectivity index (χ0n) is 17.9. The molecule has 1 N–H and O–H groups in total. The van der Waals surface area contributed by atoms with Gasteiger partial charge in [-0.2, -0.15) is 0 Å². The first-order valence-electron chi connectivity index (χ1n) is 10.7. The molecule has 1 aliphatic heterocycles. The zero-order chi connectivity index (χ0) is 20.6. The van der Waals surface area contributed by atoms with Crippen LogP contribution in [0.4, 0.5) is 11.4 Å². The molecule has 0 saturated carbocycles. The molecule has 0 atom stereocenters. The van der Waals surface area contributed by atoms with Crippen molar-refractivity contribution in [1.82, 2.24) is 4.90 Å². The van der Waals surface area contributed by atoms with E-state index < -0.39 is 0 Å². The number of ether oxygens (including phenoxy) is 1. The minimum Gasteiger partial charge on any atom is -0.497 e. The summed E-state index contributed by atoms with van der Waals surface area (Å²) in [4.78, 5) is 17.3. The summed E-state index contributed by atoms with van der Waals surface area (Å²) in [5.74, 6) is 0.993. The summed E-state index contributed by atoms with van der Waals surface area (Å²) >= 11 is 0. The average molecular weight is 396 g/mol. The van der Waals surface area contributed by atoms with Crippen molar-refractivity contribution < 1.29 is 9.53 Å². The normalized spacial score (nSPS) is 14.7. The Kier molecular flexibility index (Phi) is 7.53. The Bertz CT molecular complexity index is 774. The molecule has 156 valence electrons. The van der Waals surface area contributed by atoms with E-state index in [9.17, 15) is 4.79 Å². The third kappa shape index (κ3) is 5.51. The van der Waals surface area contributed by atoms with Crippen molar-refractivity contribution in [2.75, 3.05) is 50.1 Å². The monoisotopic (exact) mass is 395 g/mol. The summed E-state index contributed by atoms with van der Waals surface area (Å²) < 4.78 is 5.23. The van der Waals surface area contributed by atoms with Crippen LogP contribution in [0, 0.1) is 0 Å². The Morgan fingerprint density at radius 1 is 0.966 bits per heavy atom. The topological polar surface area (TPSA) is 44.8 Å². The van der Waals surface area contributed by atoms with E-state index in [1.54, 1.807) is 7.11 Å². The lowest BCUT2D eigenvalue weighted by atomic mass is 10.0.